The van der Waals surface area contributed by atoms with Gasteiger partial charge in [0.25, 0.3) is 5.56 Å². The lowest BCUT2D eigenvalue weighted by molar-refractivity contribution is 0.302. The average Bonchev–Trinajstić information content (AvgIpc) is 2.82. The number of H-pyrrole nitrogens is 1. The first-order valence-corrected chi connectivity index (χ1v) is 10.2. The number of halogens is 1. The van der Waals surface area contributed by atoms with Gasteiger partial charge in [0.15, 0.2) is 0 Å². The van der Waals surface area contributed by atoms with Gasteiger partial charge in [-0.2, -0.15) is 5.26 Å². The highest BCUT2D eigenvalue weighted by molar-refractivity contribution is 6.35. The van der Waals surface area contributed by atoms with Crippen LogP contribution in [0.3, 0.4) is 0 Å². The van der Waals surface area contributed by atoms with Gasteiger partial charge in [-0.05, 0) is 36.4 Å². The van der Waals surface area contributed by atoms with Crippen molar-refractivity contribution in [3.05, 3.63) is 93.0 Å². The highest BCUT2D eigenvalue weighted by atomic mass is 35.5. The Bertz CT molecular complexity index is 1360. The molecule has 0 radical (unpaired) electrons. The van der Waals surface area contributed by atoms with Crippen molar-refractivity contribution in [1.82, 2.24) is 9.97 Å². The van der Waals surface area contributed by atoms with Crippen LogP contribution in [0.25, 0.3) is 10.9 Å². The molecule has 2 aromatic heterocycles. The summed E-state index contributed by atoms with van der Waals surface area (Å²) in [6, 6.07) is 18.1. The molecule has 0 fully saturated rings. The van der Waals surface area contributed by atoms with Crippen LogP contribution in [0.5, 0.6) is 11.5 Å². The molecule has 7 nitrogen and oxygen atoms in total. The summed E-state index contributed by atoms with van der Waals surface area (Å²) < 4.78 is 11.1. The molecule has 0 aliphatic heterocycles. The van der Waals surface area contributed by atoms with Crippen molar-refractivity contribution in [2.75, 3.05) is 12.4 Å². The summed E-state index contributed by atoms with van der Waals surface area (Å²) >= 11 is 6.38. The fourth-order valence-electron chi connectivity index (χ4n) is 3.24. The van der Waals surface area contributed by atoms with Gasteiger partial charge in [-0.25, -0.2) is 0 Å². The van der Waals surface area contributed by atoms with E-state index in [0.717, 1.165) is 16.8 Å². The van der Waals surface area contributed by atoms with E-state index in [9.17, 15) is 4.79 Å². The zero-order chi connectivity index (χ0) is 22.5. The molecule has 2 N–H and O–H groups in total. The Balaban J connectivity index is 1.56. The van der Waals surface area contributed by atoms with Crippen molar-refractivity contribution < 1.29 is 9.47 Å². The van der Waals surface area contributed by atoms with E-state index in [1.165, 1.54) is 7.11 Å². The standard InChI is InChI=1S/C24H19ClN4O3/c1-31-22-10-18(6-5-15(22)12-26)28-13-17-8-16-9-20(11-21(25)23(16)29-24(17)30)32-14-19-4-2-3-7-27-19/h2-11,28H,13-14H2,1H3,(H,29,30). The normalized spacial score (nSPS) is 10.5. The molecule has 160 valence electrons. The second-order valence-electron chi connectivity index (χ2n) is 6.98. The molecule has 8 heteroatoms. The molecular weight excluding hydrogens is 428 g/mol. The van der Waals surface area contributed by atoms with Crippen molar-refractivity contribution >= 4 is 28.2 Å². The summed E-state index contributed by atoms with van der Waals surface area (Å²) in [5, 5.41) is 13.4. The number of hydrogen-bond acceptors (Lipinski definition) is 6. The number of aromatic nitrogens is 2. The van der Waals surface area contributed by atoms with E-state index in [0.29, 0.717) is 39.8 Å². The third kappa shape index (κ3) is 4.66. The third-order valence-corrected chi connectivity index (χ3v) is 5.17. The highest BCUT2D eigenvalue weighted by Gasteiger charge is 2.10. The maximum Gasteiger partial charge on any atom is 0.253 e. The lowest BCUT2D eigenvalue weighted by Gasteiger charge is -2.11. The summed E-state index contributed by atoms with van der Waals surface area (Å²) in [5.41, 5.74) is 2.80. The Kier molecular flexibility index (Phi) is 6.24. The molecule has 0 bridgehead atoms. The largest absolute Gasteiger partial charge is 0.495 e. The first-order chi connectivity index (χ1) is 15.6. The molecule has 2 heterocycles. The molecule has 0 unspecified atom stereocenters. The molecule has 4 rings (SSSR count). The van der Waals surface area contributed by atoms with E-state index >= 15 is 0 Å². The van der Waals surface area contributed by atoms with Gasteiger partial charge in [0.2, 0.25) is 0 Å². The number of nitrogens with zero attached hydrogens (tertiary/aromatic N) is 2. The predicted molar refractivity (Wildman–Crippen MR) is 123 cm³/mol. The maximum absolute atomic E-state index is 12.6. The molecule has 4 aromatic rings. The van der Waals surface area contributed by atoms with E-state index in [4.69, 9.17) is 26.3 Å². The number of aromatic amines is 1. The van der Waals surface area contributed by atoms with E-state index in [-0.39, 0.29) is 12.1 Å². The van der Waals surface area contributed by atoms with Crippen LogP contribution in [0.4, 0.5) is 5.69 Å². The highest BCUT2D eigenvalue weighted by Crippen LogP contribution is 2.28. The maximum atomic E-state index is 12.6. The molecule has 0 amide bonds. The number of fused-ring (bicyclic) bond motifs is 1. The Morgan fingerprint density at radius 1 is 1.19 bits per heavy atom. The smallest absolute Gasteiger partial charge is 0.253 e. The number of methoxy groups -OCH3 is 1. The van der Waals surface area contributed by atoms with Gasteiger partial charge >= 0.3 is 0 Å². The van der Waals surface area contributed by atoms with E-state index in [2.05, 4.69) is 21.4 Å². The topological polar surface area (TPSA) is 100 Å². The fraction of sp³-hybridized carbons (Fsp3) is 0.125. The number of rotatable bonds is 7. The van der Waals surface area contributed by atoms with Crippen molar-refractivity contribution in [2.24, 2.45) is 0 Å². The minimum absolute atomic E-state index is 0.241. The van der Waals surface area contributed by atoms with E-state index < -0.39 is 0 Å². The zero-order valence-electron chi connectivity index (χ0n) is 17.2. The second-order valence-corrected chi connectivity index (χ2v) is 7.39. The summed E-state index contributed by atoms with van der Waals surface area (Å²) in [5.74, 6) is 1.04. The first kappa shape index (κ1) is 21.2. The van der Waals surface area contributed by atoms with Crippen LogP contribution in [-0.4, -0.2) is 17.1 Å². The molecule has 0 saturated heterocycles. The predicted octanol–water partition coefficient (Wildman–Crippen LogP) is 4.65. The molecule has 0 aliphatic carbocycles. The number of nitriles is 1. The minimum Gasteiger partial charge on any atom is -0.495 e. The van der Waals surface area contributed by atoms with Crippen LogP contribution in [0.15, 0.2) is 65.6 Å². The minimum atomic E-state index is -0.241. The number of ether oxygens (including phenoxy) is 2. The molecule has 32 heavy (non-hydrogen) atoms. The Morgan fingerprint density at radius 2 is 2.06 bits per heavy atom. The molecule has 2 aromatic carbocycles. The van der Waals surface area contributed by atoms with Gasteiger partial charge in [-0.1, -0.05) is 17.7 Å². The molecule has 0 saturated carbocycles. The number of benzene rings is 2. The lowest BCUT2D eigenvalue weighted by Crippen LogP contribution is -2.16. The van der Waals surface area contributed by atoms with Crippen LogP contribution in [0.2, 0.25) is 5.02 Å². The fourth-order valence-corrected chi connectivity index (χ4v) is 3.50. The van der Waals surface area contributed by atoms with Gasteiger partial charge in [-0.3, -0.25) is 9.78 Å². The average molecular weight is 447 g/mol. The molecule has 0 spiro atoms. The van der Waals surface area contributed by atoms with Gasteiger partial charge < -0.3 is 19.8 Å². The van der Waals surface area contributed by atoms with Crippen molar-refractivity contribution in [3.63, 3.8) is 0 Å². The van der Waals surface area contributed by atoms with Gasteiger partial charge in [0, 0.05) is 41.5 Å². The number of nitrogens with one attached hydrogen (secondary N) is 2. The van der Waals surface area contributed by atoms with Crippen molar-refractivity contribution in [3.8, 4) is 17.6 Å². The number of hydrogen-bond donors (Lipinski definition) is 2. The SMILES string of the molecule is COc1cc(NCc2cc3cc(OCc4ccccn4)cc(Cl)c3[nH]c2=O)ccc1C#N. The van der Waals surface area contributed by atoms with Crippen molar-refractivity contribution in [2.45, 2.75) is 13.2 Å². The lowest BCUT2D eigenvalue weighted by atomic mass is 10.1. The van der Waals surface area contributed by atoms with Crippen LogP contribution >= 0.6 is 11.6 Å². The monoisotopic (exact) mass is 446 g/mol. The first-order valence-electron chi connectivity index (χ1n) is 9.77. The second kappa shape index (κ2) is 9.41. The number of pyridine rings is 2. The van der Waals surface area contributed by atoms with Crippen LogP contribution in [0.1, 0.15) is 16.8 Å². The Hall–Kier alpha value is -4.02. The molecular formula is C24H19ClN4O3. The zero-order valence-corrected chi connectivity index (χ0v) is 17.9. The van der Waals surface area contributed by atoms with Gasteiger partial charge in [0.1, 0.15) is 24.2 Å². The molecule has 0 atom stereocenters. The quantitative estimate of drug-likeness (QED) is 0.428. The molecule has 0 aliphatic rings. The third-order valence-electron chi connectivity index (χ3n) is 4.87. The summed E-state index contributed by atoms with van der Waals surface area (Å²) in [6.07, 6.45) is 1.71. The van der Waals surface area contributed by atoms with E-state index in [1.54, 1.807) is 36.5 Å². The van der Waals surface area contributed by atoms with E-state index in [1.807, 2.05) is 24.3 Å². The summed E-state index contributed by atoms with van der Waals surface area (Å²) in [4.78, 5) is 19.6. The van der Waals surface area contributed by atoms with Gasteiger partial charge in [-0.15, -0.1) is 0 Å². The Labute approximate surface area is 189 Å². The van der Waals surface area contributed by atoms with Crippen LogP contribution < -0.4 is 20.3 Å². The van der Waals surface area contributed by atoms with Crippen molar-refractivity contribution in [1.29, 1.82) is 5.26 Å². The van der Waals surface area contributed by atoms with Gasteiger partial charge in [0.05, 0.1) is 28.9 Å². The summed E-state index contributed by atoms with van der Waals surface area (Å²) in [7, 11) is 1.51. The number of anilines is 1. The van der Waals surface area contributed by atoms with Crippen LogP contribution in [0, 0.1) is 11.3 Å². The summed E-state index contributed by atoms with van der Waals surface area (Å²) in [6.45, 7) is 0.581. The Morgan fingerprint density at radius 3 is 2.81 bits per heavy atom. The van der Waals surface area contributed by atoms with Crippen LogP contribution in [-0.2, 0) is 13.2 Å².